The summed E-state index contributed by atoms with van der Waals surface area (Å²) in [7, 11) is 0. The van der Waals surface area contributed by atoms with Gasteiger partial charge in [-0.3, -0.25) is 0 Å². The molecule has 3 rings (SSSR count). The summed E-state index contributed by atoms with van der Waals surface area (Å²) in [6, 6.07) is 10.8. The van der Waals surface area contributed by atoms with Gasteiger partial charge in [-0.05, 0) is 86.6 Å². The first-order valence-corrected chi connectivity index (χ1v) is 9.66. The van der Waals surface area contributed by atoms with E-state index in [0.29, 0.717) is 17.7 Å². The Balaban J connectivity index is 0. The van der Waals surface area contributed by atoms with Gasteiger partial charge in [0.25, 0.3) is 0 Å². The van der Waals surface area contributed by atoms with E-state index in [0.717, 1.165) is 55.8 Å². The SMILES string of the molecule is Cc1cc(N)nc(C[C@@H]2CNCC2C(N)CNCCc2cccc(F)c2)c1.Cl.Cl.Cl.Cl. The summed E-state index contributed by atoms with van der Waals surface area (Å²) >= 11 is 0. The molecule has 1 saturated heterocycles. The van der Waals surface area contributed by atoms with Crippen LogP contribution < -0.4 is 22.1 Å². The molecular formula is C21H34Cl4FN5. The Morgan fingerprint density at radius 3 is 2.58 bits per heavy atom. The van der Waals surface area contributed by atoms with Crippen molar-refractivity contribution in [2.45, 2.75) is 25.8 Å². The predicted molar refractivity (Wildman–Crippen MR) is 137 cm³/mol. The molecule has 6 N–H and O–H groups in total. The Hall–Kier alpha value is -0.860. The van der Waals surface area contributed by atoms with E-state index >= 15 is 0 Å². The second-order valence-corrected chi connectivity index (χ2v) is 7.59. The van der Waals surface area contributed by atoms with Crippen LogP contribution >= 0.6 is 49.6 Å². The number of hydrogen-bond donors (Lipinski definition) is 4. The maximum Gasteiger partial charge on any atom is 0.123 e. The number of nitrogen functional groups attached to an aromatic ring is 1. The minimum atomic E-state index is -0.186. The highest BCUT2D eigenvalue weighted by Gasteiger charge is 2.32. The number of pyridine rings is 1. The third-order valence-electron chi connectivity index (χ3n) is 5.32. The lowest BCUT2D eigenvalue weighted by Crippen LogP contribution is -2.44. The number of aromatic nitrogens is 1. The zero-order valence-corrected chi connectivity index (χ0v) is 20.8. The van der Waals surface area contributed by atoms with E-state index in [-0.39, 0.29) is 61.5 Å². The molecular weight excluding hydrogens is 483 g/mol. The number of rotatable bonds is 8. The minimum absolute atomic E-state index is 0. The summed E-state index contributed by atoms with van der Waals surface area (Å²) < 4.78 is 13.2. The highest BCUT2D eigenvalue weighted by Crippen LogP contribution is 2.24. The molecule has 31 heavy (non-hydrogen) atoms. The minimum Gasteiger partial charge on any atom is -0.384 e. The summed E-state index contributed by atoms with van der Waals surface area (Å²) in [5.41, 5.74) is 15.5. The first-order valence-electron chi connectivity index (χ1n) is 9.66. The van der Waals surface area contributed by atoms with Crippen LogP contribution in [0.4, 0.5) is 10.2 Å². The van der Waals surface area contributed by atoms with E-state index in [1.54, 1.807) is 12.1 Å². The smallest absolute Gasteiger partial charge is 0.123 e. The second kappa shape index (κ2) is 15.9. The van der Waals surface area contributed by atoms with Crippen LogP contribution in [0.5, 0.6) is 0 Å². The van der Waals surface area contributed by atoms with E-state index in [1.807, 2.05) is 19.1 Å². The van der Waals surface area contributed by atoms with Gasteiger partial charge >= 0.3 is 0 Å². The molecule has 0 radical (unpaired) electrons. The highest BCUT2D eigenvalue weighted by atomic mass is 35.5. The van der Waals surface area contributed by atoms with Crippen molar-refractivity contribution in [2.24, 2.45) is 17.6 Å². The van der Waals surface area contributed by atoms with Gasteiger partial charge in [0.05, 0.1) is 0 Å². The zero-order valence-electron chi connectivity index (χ0n) is 17.6. The van der Waals surface area contributed by atoms with Crippen LogP contribution in [0.3, 0.4) is 0 Å². The average Bonchev–Trinajstić information content (AvgIpc) is 3.06. The fraction of sp³-hybridized carbons (Fsp3) is 0.476. The fourth-order valence-electron chi connectivity index (χ4n) is 3.96. The normalized spacial score (nSPS) is 18.0. The Kier molecular flexibility index (Phi) is 16.5. The summed E-state index contributed by atoms with van der Waals surface area (Å²) in [6.45, 7) is 5.47. The third kappa shape index (κ3) is 10.1. The summed E-state index contributed by atoms with van der Waals surface area (Å²) in [5.74, 6) is 1.25. The molecule has 1 aromatic heterocycles. The summed E-state index contributed by atoms with van der Waals surface area (Å²) in [5, 5.41) is 6.89. The maximum atomic E-state index is 13.2. The van der Waals surface area contributed by atoms with Crippen molar-refractivity contribution in [3.05, 3.63) is 59.0 Å². The lowest BCUT2D eigenvalue weighted by Gasteiger charge is -2.25. The maximum absolute atomic E-state index is 13.2. The Bertz CT molecular complexity index is 748. The molecule has 10 heteroatoms. The van der Waals surface area contributed by atoms with E-state index in [1.165, 1.54) is 6.07 Å². The van der Waals surface area contributed by atoms with Crippen molar-refractivity contribution in [1.29, 1.82) is 0 Å². The molecule has 2 aromatic rings. The van der Waals surface area contributed by atoms with E-state index in [2.05, 4.69) is 21.7 Å². The van der Waals surface area contributed by atoms with Crippen LogP contribution in [0.2, 0.25) is 0 Å². The van der Waals surface area contributed by atoms with Crippen LogP contribution in [-0.2, 0) is 12.8 Å². The lowest BCUT2D eigenvalue weighted by atomic mass is 9.86. The van der Waals surface area contributed by atoms with Crippen molar-refractivity contribution in [1.82, 2.24) is 15.6 Å². The van der Waals surface area contributed by atoms with Crippen LogP contribution in [0.1, 0.15) is 16.8 Å². The monoisotopic (exact) mass is 515 g/mol. The first-order chi connectivity index (χ1) is 13.0. The fourth-order valence-corrected chi connectivity index (χ4v) is 3.96. The van der Waals surface area contributed by atoms with Crippen molar-refractivity contribution in [3.8, 4) is 0 Å². The van der Waals surface area contributed by atoms with Gasteiger partial charge in [0.1, 0.15) is 11.6 Å². The number of nitrogens with two attached hydrogens (primary N) is 2. The summed E-state index contributed by atoms with van der Waals surface area (Å²) in [4.78, 5) is 4.47. The number of benzene rings is 1. The highest BCUT2D eigenvalue weighted by molar-refractivity contribution is 5.86. The molecule has 178 valence electrons. The van der Waals surface area contributed by atoms with E-state index in [9.17, 15) is 4.39 Å². The summed E-state index contributed by atoms with van der Waals surface area (Å²) in [6.07, 6.45) is 1.68. The van der Waals surface area contributed by atoms with Gasteiger partial charge in [0.15, 0.2) is 0 Å². The van der Waals surface area contributed by atoms with Gasteiger partial charge in [0.2, 0.25) is 0 Å². The molecule has 1 aromatic carbocycles. The van der Waals surface area contributed by atoms with Crippen molar-refractivity contribution < 1.29 is 4.39 Å². The lowest BCUT2D eigenvalue weighted by molar-refractivity contribution is 0.336. The zero-order chi connectivity index (χ0) is 19.2. The number of nitrogens with zero attached hydrogens (tertiary/aromatic N) is 1. The molecule has 2 unspecified atom stereocenters. The van der Waals surface area contributed by atoms with Crippen LogP contribution in [0.25, 0.3) is 0 Å². The second-order valence-electron chi connectivity index (χ2n) is 7.59. The van der Waals surface area contributed by atoms with Crippen molar-refractivity contribution in [2.75, 3.05) is 31.9 Å². The largest absolute Gasteiger partial charge is 0.384 e. The van der Waals surface area contributed by atoms with Gasteiger partial charge in [-0.1, -0.05) is 12.1 Å². The number of halogens is 5. The number of aryl methyl sites for hydroxylation is 1. The van der Waals surface area contributed by atoms with Crippen LogP contribution in [-0.4, -0.2) is 37.2 Å². The molecule has 2 heterocycles. The number of anilines is 1. The quantitative estimate of drug-likeness (QED) is 0.404. The van der Waals surface area contributed by atoms with Crippen molar-refractivity contribution >= 4 is 55.4 Å². The molecule has 1 aliphatic rings. The first kappa shape index (κ1) is 32.3. The van der Waals surface area contributed by atoms with E-state index < -0.39 is 0 Å². The molecule has 0 saturated carbocycles. The third-order valence-corrected chi connectivity index (χ3v) is 5.32. The van der Waals surface area contributed by atoms with Gasteiger partial charge in [0, 0.05) is 18.3 Å². The van der Waals surface area contributed by atoms with Gasteiger partial charge in [-0.25, -0.2) is 9.37 Å². The van der Waals surface area contributed by atoms with Crippen molar-refractivity contribution in [3.63, 3.8) is 0 Å². The predicted octanol–water partition coefficient (Wildman–Crippen LogP) is 3.34. The molecule has 0 spiro atoms. The van der Waals surface area contributed by atoms with Gasteiger partial charge in [-0.15, -0.1) is 49.6 Å². The van der Waals surface area contributed by atoms with Gasteiger partial charge in [-0.2, -0.15) is 0 Å². The average molecular weight is 517 g/mol. The Labute approximate surface area is 209 Å². The van der Waals surface area contributed by atoms with Gasteiger partial charge < -0.3 is 22.1 Å². The van der Waals surface area contributed by atoms with Crippen LogP contribution in [0.15, 0.2) is 36.4 Å². The standard InChI is InChI=1S/C21H30FN5.4ClH/c1-14-7-18(27-21(24)8-14)10-16-11-26-12-19(16)20(23)13-25-6-5-15-3-2-4-17(22)9-15;;;;/h2-4,7-9,16,19-20,25-26H,5-6,10-13,23H2,1H3,(H2,24,27);4*1H/t16-,19?,20?;;;;/m1..../s1. The molecule has 0 bridgehead atoms. The van der Waals surface area contributed by atoms with E-state index in [4.69, 9.17) is 11.5 Å². The molecule has 1 fully saturated rings. The molecule has 1 aliphatic heterocycles. The molecule has 0 aliphatic carbocycles. The topological polar surface area (TPSA) is 89.0 Å². The molecule has 5 nitrogen and oxygen atoms in total. The van der Waals surface area contributed by atoms with Crippen LogP contribution in [0, 0.1) is 24.6 Å². The molecule has 3 atom stereocenters. The molecule has 0 amide bonds. The Morgan fingerprint density at radius 1 is 1.16 bits per heavy atom. The Morgan fingerprint density at radius 2 is 1.90 bits per heavy atom. The number of nitrogens with one attached hydrogen (secondary N) is 2. The number of hydrogen-bond acceptors (Lipinski definition) is 5.